The number of fused-ring (bicyclic) bond motifs is 1. The van der Waals surface area contributed by atoms with Gasteiger partial charge in [0.05, 0.1) is 11.4 Å². The monoisotopic (exact) mass is 354 g/mol. The van der Waals surface area contributed by atoms with Gasteiger partial charge in [-0.2, -0.15) is 0 Å². The highest BCUT2D eigenvalue weighted by atomic mass is 16.2. The highest BCUT2D eigenvalue weighted by Gasteiger charge is 2.59. The molecule has 0 radical (unpaired) electrons. The smallest absolute Gasteiger partial charge is 0.250 e. The van der Waals surface area contributed by atoms with E-state index in [-0.39, 0.29) is 17.2 Å². The molecule has 6 nitrogen and oxygen atoms in total. The molecule has 1 atom stereocenters. The molecule has 1 aromatic carbocycles. The van der Waals surface area contributed by atoms with E-state index in [1.165, 1.54) is 0 Å². The minimum atomic E-state index is -0.582. The van der Waals surface area contributed by atoms with Crippen LogP contribution < -0.4 is 16.0 Å². The zero-order chi connectivity index (χ0) is 17.8. The number of hydrogen-bond donors (Lipinski definition) is 3. The van der Waals surface area contributed by atoms with Gasteiger partial charge in [-0.15, -0.1) is 0 Å². The number of benzene rings is 1. The minimum Gasteiger partial charge on any atom is -0.369 e. The van der Waals surface area contributed by atoms with Gasteiger partial charge < -0.3 is 20.9 Å². The number of piperidine rings is 2. The number of nitrogens with zero attached hydrogens (tertiary/aromatic N) is 1. The fraction of sp³-hybridized carbons (Fsp3) is 0.600. The van der Waals surface area contributed by atoms with E-state index in [4.69, 9.17) is 0 Å². The van der Waals surface area contributed by atoms with Crippen molar-refractivity contribution in [1.82, 2.24) is 10.2 Å². The molecule has 0 aromatic heterocycles. The Kier molecular flexibility index (Phi) is 3.54. The molecule has 2 saturated heterocycles. The lowest BCUT2D eigenvalue weighted by Crippen LogP contribution is -2.59. The summed E-state index contributed by atoms with van der Waals surface area (Å²) < 4.78 is 0. The first-order valence-corrected chi connectivity index (χ1v) is 9.80. The molecule has 138 valence electrons. The Morgan fingerprint density at radius 1 is 1.04 bits per heavy atom. The average molecular weight is 354 g/mol. The highest BCUT2D eigenvalue weighted by Crippen LogP contribution is 2.59. The third-order valence-corrected chi connectivity index (χ3v) is 7.00. The van der Waals surface area contributed by atoms with Gasteiger partial charge in [0, 0.05) is 19.0 Å². The van der Waals surface area contributed by atoms with Gasteiger partial charge in [0.1, 0.15) is 5.54 Å². The summed E-state index contributed by atoms with van der Waals surface area (Å²) >= 11 is 0. The lowest BCUT2D eigenvalue weighted by molar-refractivity contribution is -0.136. The molecule has 3 heterocycles. The summed E-state index contributed by atoms with van der Waals surface area (Å²) in [5.41, 5.74) is 1.51. The predicted molar refractivity (Wildman–Crippen MR) is 99.9 cm³/mol. The second-order valence-corrected chi connectivity index (χ2v) is 8.40. The molecule has 6 heteroatoms. The molecule has 4 aliphatic rings. The van der Waals surface area contributed by atoms with Crippen molar-refractivity contribution in [2.24, 2.45) is 11.3 Å². The average Bonchev–Trinajstić information content (AvgIpc) is 3.36. The maximum absolute atomic E-state index is 13.0. The van der Waals surface area contributed by atoms with Gasteiger partial charge >= 0.3 is 0 Å². The van der Waals surface area contributed by atoms with Crippen LogP contribution in [0.1, 0.15) is 32.1 Å². The summed E-state index contributed by atoms with van der Waals surface area (Å²) in [5, 5.41) is 9.89. The lowest BCUT2D eigenvalue weighted by Gasteiger charge is -2.44. The molecule has 0 unspecified atom stereocenters. The van der Waals surface area contributed by atoms with Gasteiger partial charge in [0.2, 0.25) is 11.8 Å². The van der Waals surface area contributed by atoms with E-state index in [9.17, 15) is 9.59 Å². The van der Waals surface area contributed by atoms with Crippen LogP contribution in [0.2, 0.25) is 0 Å². The molecule has 1 aliphatic carbocycles. The topological polar surface area (TPSA) is 73.5 Å². The quantitative estimate of drug-likeness (QED) is 0.719. The number of hydrogen-bond acceptors (Lipinski definition) is 4. The van der Waals surface area contributed by atoms with Crippen LogP contribution in [0.3, 0.4) is 0 Å². The molecule has 3 fully saturated rings. The molecule has 0 bridgehead atoms. The molecule has 5 rings (SSSR count). The standard InChI is InChI=1S/C20H26N4O2/c25-17(14-13-19(14)5-9-21-10-6-19)24-11-7-20(8-12-24)18(26)22-15-3-1-2-4-16(15)23-20/h1-4,14,21,23H,5-13H2,(H,22,26)/t14-/m1/s1. The van der Waals surface area contributed by atoms with Crippen molar-refractivity contribution in [1.29, 1.82) is 0 Å². The lowest BCUT2D eigenvalue weighted by atomic mass is 9.84. The Bertz CT molecular complexity index is 748. The van der Waals surface area contributed by atoms with Gasteiger partial charge in [0.25, 0.3) is 0 Å². The predicted octanol–water partition coefficient (Wildman–Crippen LogP) is 1.80. The molecular formula is C20H26N4O2. The van der Waals surface area contributed by atoms with E-state index in [1.807, 2.05) is 29.2 Å². The van der Waals surface area contributed by atoms with Crippen molar-refractivity contribution in [3.05, 3.63) is 24.3 Å². The summed E-state index contributed by atoms with van der Waals surface area (Å²) in [6.45, 7) is 3.39. The molecule has 2 spiro atoms. The summed E-state index contributed by atoms with van der Waals surface area (Å²) in [7, 11) is 0. The Hall–Kier alpha value is -2.08. The molecule has 26 heavy (non-hydrogen) atoms. The molecule has 1 aromatic rings. The second-order valence-electron chi connectivity index (χ2n) is 8.40. The van der Waals surface area contributed by atoms with Gasteiger partial charge in [-0.3, -0.25) is 9.59 Å². The molecule has 3 aliphatic heterocycles. The van der Waals surface area contributed by atoms with Crippen molar-refractivity contribution >= 4 is 23.2 Å². The summed E-state index contributed by atoms with van der Waals surface area (Å²) in [4.78, 5) is 27.7. The fourth-order valence-electron chi connectivity index (χ4n) is 5.11. The summed E-state index contributed by atoms with van der Waals surface area (Å²) in [5.74, 6) is 0.565. The molecule has 1 saturated carbocycles. The van der Waals surface area contributed by atoms with Crippen molar-refractivity contribution in [2.75, 3.05) is 36.8 Å². The van der Waals surface area contributed by atoms with Crippen LogP contribution in [0.15, 0.2) is 24.3 Å². The van der Waals surface area contributed by atoms with Gasteiger partial charge in [0.15, 0.2) is 0 Å². The Morgan fingerprint density at radius 2 is 1.73 bits per heavy atom. The van der Waals surface area contributed by atoms with Crippen LogP contribution in [0.25, 0.3) is 0 Å². The Morgan fingerprint density at radius 3 is 2.46 bits per heavy atom. The third kappa shape index (κ3) is 2.42. The number of anilines is 2. The number of rotatable bonds is 1. The van der Waals surface area contributed by atoms with E-state index in [0.29, 0.717) is 31.8 Å². The zero-order valence-corrected chi connectivity index (χ0v) is 15.0. The molecule has 2 amide bonds. The van der Waals surface area contributed by atoms with Crippen LogP contribution >= 0.6 is 0 Å². The van der Waals surface area contributed by atoms with E-state index < -0.39 is 5.54 Å². The van der Waals surface area contributed by atoms with Gasteiger partial charge in [-0.1, -0.05) is 12.1 Å². The van der Waals surface area contributed by atoms with Crippen LogP contribution in [0, 0.1) is 11.3 Å². The molecule has 3 N–H and O–H groups in total. The highest BCUT2D eigenvalue weighted by molar-refractivity contribution is 6.06. The first-order chi connectivity index (χ1) is 12.6. The van der Waals surface area contributed by atoms with Crippen LogP contribution in [-0.4, -0.2) is 48.4 Å². The number of nitrogens with one attached hydrogen (secondary N) is 3. The summed E-state index contributed by atoms with van der Waals surface area (Å²) in [6.07, 6.45) is 4.64. The van der Waals surface area contributed by atoms with E-state index in [0.717, 1.165) is 43.7 Å². The number of para-hydroxylation sites is 2. The number of amides is 2. The van der Waals surface area contributed by atoms with Crippen molar-refractivity contribution in [3.63, 3.8) is 0 Å². The normalized spacial score (nSPS) is 28.2. The first-order valence-electron chi connectivity index (χ1n) is 9.80. The maximum Gasteiger partial charge on any atom is 0.250 e. The van der Waals surface area contributed by atoms with Crippen molar-refractivity contribution in [3.8, 4) is 0 Å². The van der Waals surface area contributed by atoms with Crippen molar-refractivity contribution < 1.29 is 9.59 Å². The van der Waals surface area contributed by atoms with Crippen LogP contribution in [0.4, 0.5) is 11.4 Å². The van der Waals surface area contributed by atoms with Crippen LogP contribution in [-0.2, 0) is 9.59 Å². The van der Waals surface area contributed by atoms with E-state index >= 15 is 0 Å². The molecular weight excluding hydrogens is 328 g/mol. The first kappa shape index (κ1) is 16.1. The number of carbonyl (C=O) groups is 2. The minimum absolute atomic E-state index is 0.0320. The van der Waals surface area contributed by atoms with Crippen LogP contribution in [0.5, 0.6) is 0 Å². The Balaban J connectivity index is 1.25. The SMILES string of the molecule is O=C([C@H]1CC12CCNCC2)N1CCC2(CC1)Nc1ccccc1NC2=O. The van der Waals surface area contributed by atoms with E-state index in [1.54, 1.807) is 0 Å². The van der Waals surface area contributed by atoms with Gasteiger partial charge in [-0.25, -0.2) is 0 Å². The number of carbonyl (C=O) groups excluding carboxylic acids is 2. The maximum atomic E-state index is 13.0. The fourth-order valence-corrected chi connectivity index (χ4v) is 5.11. The second kappa shape index (κ2) is 5.71. The number of likely N-dealkylation sites (tertiary alicyclic amines) is 1. The van der Waals surface area contributed by atoms with Crippen molar-refractivity contribution in [2.45, 2.75) is 37.6 Å². The third-order valence-electron chi connectivity index (χ3n) is 7.00. The largest absolute Gasteiger partial charge is 0.369 e. The van der Waals surface area contributed by atoms with E-state index in [2.05, 4.69) is 16.0 Å². The Labute approximate surface area is 153 Å². The summed E-state index contributed by atoms with van der Waals surface area (Å²) in [6, 6.07) is 7.81. The van der Waals surface area contributed by atoms with Gasteiger partial charge in [-0.05, 0) is 62.7 Å². The zero-order valence-electron chi connectivity index (χ0n) is 15.0.